The number of unbranched alkanes of at least 4 members (excludes halogenated alkanes) is 19. The number of esters is 3. The molecule has 0 bridgehead atoms. The average Bonchev–Trinajstić information content (AvgIpc) is 3.45. The monoisotopic (exact) mass is 1090 g/mol. The van der Waals surface area contributed by atoms with Gasteiger partial charge in [0.05, 0.1) is 0 Å². The van der Waals surface area contributed by atoms with Gasteiger partial charge in [0.15, 0.2) is 6.10 Å². The van der Waals surface area contributed by atoms with Crippen LogP contribution in [0.15, 0.2) is 158 Å². The summed E-state index contributed by atoms with van der Waals surface area (Å²) in [6.45, 7) is 6.38. The maximum Gasteiger partial charge on any atom is 0.306 e. The Kier molecular flexibility index (Phi) is 61.4. The zero-order valence-electron chi connectivity index (χ0n) is 50.8. The van der Waals surface area contributed by atoms with Gasteiger partial charge in [-0.1, -0.05) is 269 Å². The maximum atomic E-state index is 12.8. The van der Waals surface area contributed by atoms with Crippen LogP contribution in [-0.4, -0.2) is 37.2 Å². The quantitative estimate of drug-likeness (QED) is 0.0261. The van der Waals surface area contributed by atoms with Gasteiger partial charge in [-0.25, -0.2) is 0 Å². The maximum absolute atomic E-state index is 12.8. The molecule has 0 aliphatic carbocycles. The highest BCUT2D eigenvalue weighted by molar-refractivity contribution is 5.71. The number of carbonyl (C=O) groups is 3. The van der Waals surface area contributed by atoms with Crippen molar-refractivity contribution >= 4 is 17.9 Å². The average molecular weight is 1090 g/mol. The van der Waals surface area contributed by atoms with E-state index in [9.17, 15) is 14.4 Å². The van der Waals surface area contributed by atoms with Crippen LogP contribution in [0.2, 0.25) is 0 Å². The lowest BCUT2D eigenvalue weighted by molar-refractivity contribution is -0.167. The summed E-state index contributed by atoms with van der Waals surface area (Å²) in [7, 11) is 0. The number of rotatable bonds is 56. The molecule has 0 spiro atoms. The molecule has 0 radical (unpaired) electrons. The Morgan fingerprint density at radius 1 is 0.266 bits per heavy atom. The van der Waals surface area contributed by atoms with Gasteiger partial charge in [0.1, 0.15) is 13.2 Å². The number of carbonyl (C=O) groups excluding carboxylic acids is 3. The molecule has 0 heterocycles. The first kappa shape index (κ1) is 74.0. The first-order valence-corrected chi connectivity index (χ1v) is 32.0. The summed E-state index contributed by atoms with van der Waals surface area (Å²) in [6.07, 6.45) is 95.8. The third-order valence-corrected chi connectivity index (χ3v) is 13.0. The molecule has 0 aromatic heterocycles. The highest BCUT2D eigenvalue weighted by atomic mass is 16.6. The van der Waals surface area contributed by atoms with Gasteiger partial charge in [0.2, 0.25) is 0 Å². The van der Waals surface area contributed by atoms with Crippen LogP contribution in [0.5, 0.6) is 0 Å². The van der Waals surface area contributed by atoms with Crippen molar-refractivity contribution in [1.82, 2.24) is 0 Å². The van der Waals surface area contributed by atoms with Crippen molar-refractivity contribution in [2.24, 2.45) is 0 Å². The van der Waals surface area contributed by atoms with E-state index in [4.69, 9.17) is 14.2 Å². The van der Waals surface area contributed by atoms with E-state index >= 15 is 0 Å². The molecule has 0 fully saturated rings. The van der Waals surface area contributed by atoms with E-state index in [-0.39, 0.29) is 31.1 Å². The first-order valence-electron chi connectivity index (χ1n) is 32.0. The molecule has 79 heavy (non-hydrogen) atoms. The minimum absolute atomic E-state index is 0.101. The fourth-order valence-corrected chi connectivity index (χ4v) is 8.24. The van der Waals surface area contributed by atoms with Gasteiger partial charge in [-0.3, -0.25) is 14.4 Å². The largest absolute Gasteiger partial charge is 0.462 e. The topological polar surface area (TPSA) is 78.9 Å². The van der Waals surface area contributed by atoms with Gasteiger partial charge in [0.25, 0.3) is 0 Å². The second-order valence-electron chi connectivity index (χ2n) is 20.6. The predicted octanol–water partition coefficient (Wildman–Crippen LogP) is 22.1. The minimum Gasteiger partial charge on any atom is -0.462 e. The van der Waals surface area contributed by atoms with Gasteiger partial charge in [0, 0.05) is 19.3 Å². The van der Waals surface area contributed by atoms with Gasteiger partial charge in [-0.15, -0.1) is 0 Å². The van der Waals surface area contributed by atoms with E-state index in [0.29, 0.717) is 25.7 Å². The molecular weight excluding hydrogens is 973 g/mol. The van der Waals surface area contributed by atoms with Crippen molar-refractivity contribution in [1.29, 1.82) is 0 Å². The molecule has 1 unspecified atom stereocenters. The first-order chi connectivity index (χ1) is 39.0. The van der Waals surface area contributed by atoms with Crippen LogP contribution in [0, 0.1) is 0 Å². The number of ether oxygens (including phenoxy) is 3. The minimum atomic E-state index is -0.804. The van der Waals surface area contributed by atoms with Gasteiger partial charge >= 0.3 is 17.9 Å². The Morgan fingerprint density at radius 2 is 0.494 bits per heavy atom. The van der Waals surface area contributed by atoms with Gasteiger partial charge in [-0.2, -0.15) is 0 Å². The van der Waals surface area contributed by atoms with Gasteiger partial charge in [-0.05, 0) is 135 Å². The van der Waals surface area contributed by atoms with Crippen molar-refractivity contribution < 1.29 is 28.6 Å². The molecule has 0 aromatic carbocycles. The van der Waals surface area contributed by atoms with Crippen LogP contribution in [-0.2, 0) is 28.6 Å². The summed E-state index contributed by atoms with van der Waals surface area (Å²) in [5, 5.41) is 0. The molecule has 0 N–H and O–H groups in total. The number of hydrogen-bond acceptors (Lipinski definition) is 6. The van der Waals surface area contributed by atoms with Crippen LogP contribution in [0.3, 0.4) is 0 Å². The van der Waals surface area contributed by atoms with E-state index in [1.165, 1.54) is 70.6 Å². The molecule has 444 valence electrons. The third kappa shape index (κ3) is 63.7. The summed E-state index contributed by atoms with van der Waals surface area (Å²) < 4.78 is 16.7. The summed E-state index contributed by atoms with van der Waals surface area (Å²) in [4.78, 5) is 37.9. The molecule has 0 saturated carbocycles. The Balaban J connectivity index is 4.20. The summed E-state index contributed by atoms with van der Waals surface area (Å²) >= 11 is 0. The highest BCUT2D eigenvalue weighted by Crippen LogP contribution is 2.14. The third-order valence-electron chi connectivity index (χ3n) is 13.0. The van der Waals surface area contributed by atoms with Crippen molar-refractivity contribution in [3.05, 3.63) is 158 Å². The Hall–Kier alpha value is -4.97. The van der Waals surface area contributed by atoms with Crippen molar-refractivity contribution in [3.63, 3.8) is 0 Å². The summed E-state index contributed by atoms with van der Waals surface area (Å²) in [5.74, 6) is -0.973. The van der Waals surface area contributed by atoms with E-state index < -0.39 is 6.10 Å². The lowest BCUT2D eigenvalue weighted by Crippen LogP contribution is -2.30. The Morgan fingerprint density at radius 3 is 0.797 bits per heavy atom. The van der Waals surface area contributed by atoms with Crippen LogP contribution >= 0.6 is 0 Å². The zero-order chi connectivity index (χ0) is 57.1. The Labute approximate surface area is 486 Å². The molecule has 6 nitrogen and oxygen atoms in total. The molecule has 0 aliphatic rings. The molecule has 0 saturated heterocycles. The van der Waals surface area contributed by atoms with Crippen LogP contribution in [0.1, 0.15) is 265 Å². The lowest BCUT2D eigenvalue weighted by atomic mass is 10.1. The normalized spacial score (nSPS) is 13.2. The van der Waals surface area contributed by atoms with E-state index in [1.807, 2.05) is 0 Å². The van der Waals surface area contributed by atoms with Crippen LogP contribution < -0.4 is 0 Å². The van der Waals surface area contributed by atoms with Crippen molar-refractivity contribution in [3.8, 4) is 0 Å². The molecular formula is C73H116O6. The van der Waals surface area contributed by atoms with Gasteiger partial charge < -0.3 is 14.2 Å². The standard InChI is InChI=1S/C73H116O6/c1-4-7-10-13-15-17-19-21-23-25-27-29-31-32-33-34-35-36-37-38-39-40-42-43-45-47-49-51-53-55-57-60-63-66-72(75)78-69-70(68-77-71(74)65-62-59-12-9-6-3)79-73(76)67-64-61-58-56-54-52-50-48-46-44-41-30-28-26-24-22-20-18-16-14-11-8-5-2/h7,10,15,17,20-23,26-29,32-33,35-36,38-39,41-44,47,49,53,55,70H,4-6,8-9,11-14,16,18-19,24-25,30-31,34,37,40,45-46,48,50-52,54,56-69H2,1-3H3/b10-7-,17-15-,22-20-,23-21-,28-26-,29-27-,33-32-,36-35-,39-38-,43-42-,44-41-,49-47-,55-53-. The van der Waals surface area contributed by atoms with E-state index in [2.05, 4.69) is 179 Å². The highest BCUT2D eigenvalue weighted by Gasteiger charge is 2.19. The second kappa shape index (κ2) is 65.5. The lowest BCUT2D eigenvalue weighted by Gasteiger charge is -2.18. The van der Waals surface area contributed by atoms with E-state index in [0.717, 1.165) is 148 Å². The van der Waals surface area contributed by atoms with Crippen LogP contribution in [0.25, 0.3) is 0 Å². The van der Waals surface area contributed by atoms with Crippen molar-refractivity contribution in [2.45, 2.75) is 271 Å². The summed E-state index contributed by atoms with van der Waals surface area (Å²) in [6, 6.07) is 0. The second-order valence-corrected chi connectivity index (χ2v) is 20.6. The fraction of sp³-hybridized carbons (Fsp3) is 0.603. The molecule has 6 heteroatoms. The predicted molar refractivity (Wildman–Crippen MR) is 343 cm³/mol. The summed E-state index contributed by atoms with van der Waals surface area (Å²) in [5.41, 5.74) is 0. The Bertz CT molecular complexity index is 1780. The zero-order valence-corrected chi connectivity index (χ0v) is 50.8. The molecule has 0 aliphatic heterocycles. The molecule has 0 aromatic rings. The number of allylic oxidation sites excluding steroid dienone is 26. The van der Waals surface area contributed by atoms with E-state index in [1.54, 1.807) is 0 Å². The molecule has 0 amide bonds. The smallest absolute Gasteiger partial charge is 0.306 e. The molecule has 0 rings (SSSR count). The SMILES string of the molecule is CC/C=C\C/C=C\C/C=C\C/C=C\C/C=C\C/C=C\C/C=C\C/C=C\C/C=C\C/C=C\CCCCC(=O)OCC(COC(=O)CCCCCCC)OC(=O)CCCCCCCCCC/C=C\C/C=C\C/C=C\CCCCCCC. The molecule has 1 atom stereocenters. The van der Waals surface area contributed by atoms with Crippen LogP contribution in [0.4, 0.5) is 0 Å². The fourth-order valence-electron chi connectivity index (χ4n) is 8.24. The number of hydrogen-bond donors (Lipinski definition) is 0. The van der Waals surface area contributed by atoms with Crippen molar-refractivity contribution in [2.75, 3.05) is 13.2 Å².